The maximum Gasteiger partial charge on any atom is 0.0716 e. The standard InChI is InChI=1S/C23H15NS/c1-3-8-16(9-4-1)23-19-14-15-20(24-17-10-5-2-6-11-17)18-12-7-13-21(25-23)22(18)19/h1-15H. The average Bonchev–Trinajstić information content (AvgIpc) is 3.06. The molecule has 4 aromatic rings. The highest BCUT2D eigenvalue weighted by Gasteiger charge is 2.19. The number of hydrogen-bond acceptors (Lipinski definition) is 2. The van der Waals surface area contributed by atoms with Crippen LogP contribution >= 0.6 is 11.3 Å². The van der Waals surface area contributed by atoms with Crippen molar-refractivity contribution in [3.8, 4) is 10.4 Å². The number of aliphatic imine (C=N–C) groups is 1. The number of rotatable bonds is 2. The molecule has 25 heavy (non-hydrogen) atoms. The van der Waals surface area contributed by atoms with Crippen LogP contribution in [0.4, 0.5) is 5.69 Å². The summed E-state index contributed by atoms with van der Waals surface area (Å²) < 4.78 is 1.32. The van der Waals surface area contributed by atoms with E-state index in [1.165, 1.54) is 31.7 Å². The average molecular weight is 337 g/mol. The number of allylic oxidation sites excluding steroid dienone is 1. The zero-order chi connectivity index (χ0) is 16.6. The van der Waals surface area contributed by atoms with Crippen LogP contribution in [0.3, 0.4) is 0 Å². The van der Waals surface area contributed by atoms with Gasteiger partial charge in [0.1, 0.15) is 0 Å². The van der Waals surface area contributed by atoms with Gasteiger partial charge >= 0.3 is 0 Å². The molecule has 0 amide bonds. The van der Waals surface area contributed by atoms with E-state index in [9.17, 15) is 0 Å². The smallest absolute Gasteiger partial charge is 0.0716 e. The Morgan fingerprint density at radius 2 is 1.44 bits per heavy atom. The van der Waals surface area contributed by atoms with Crippen LogP contribution in [0, 0.1) is 0 Å². The molecule has 0 saturated heterocycles. The molecule has 1 heterocycles. The Morgan fingerprint density at radius 1 is 0.680 bits per heavy atom. The molecule has 1 aromatic heterocycles. The van der Waals surface area contributed by atoms with E-state index in [1.807, 2.05) is 41.7 Å². The van der Waals surface area contributed by atoms with E-state index in [-0.39, 0.29) is 0 Å². The van der Waals surface area contributed by atoms with Crippen LogP contribution in [0.15, 0.2) is 89.9 Å². The molecule has 0 unspecified atom stereocenters. The number of nitrogens with zero attached hydrogens (tertiary/aromatic N) is 1. The number of para-hydroxylation sites is 1. The highest BCUT2D eigenvalue weighted by atomic mass is 32.1. The number of benzene rings is 3. The van der Waals surface area contributed by atoms with Crippen molar-refractivity contribution in [3.63, 3.8) is 0 Å². The maximum atomic E-state index is 4.86. The third-order valence-electron chi connectivity index (χ3n) is 4.48. The molecule has 0 atom stereocenters. The molecule has 0 N–H and O–H groups in total. The van der Waals surface area contributed by atoms with E-state index < -0.39 is 0 Å². The molecule has 1 aliphatic carbocycles. The SMILES string of the molecule is C1=Cc2c(-c3ccccc3)sc3cccc(c23)C1=Nc1ccccc1. The molecule has 2 heteroatoms. The first-order valence-corrected chi connectivity index (χ1v) is 9.15. The minimum atomic E-state index is 0.987. The van der Waals surface area contributed by atoms with Crippen LogP contribution in [0.25, 0.3) is 26.6 Å². The first-order chi connectivity index (χ1) is 12.4. The summed E-state index contributed by atoms with van der Waals surface area (Å²) in [5.74, 6) is 0. The Bertz CT molecular complexity index is 1120. The maximum absolute atomic E-state index is 4.86. The third-order valence-corrected chi connectivity index (χ3v) is 5.70. The molecule has 0 radical (unpaired) electrons. The van der Waals surface area contributed by atoms with Crippen molar-refractivity contribution in [3.05, 3.63) is 96.1 Å². The Hall–Kier alpha value is -2.97. The monoisotopic (exact) mass is 337 g/mol. The van der Waals surface area contributed by atoms with Crippen LogP contribution in [-0.2, 0) is 0 Å². The van der Waals surface area contributed by atoms with E-state index >= 15 is 0 Å². The summed E-state index contributed by atoms with van der Waals surface area (Å²) in [5, 5.41) is 1.32. The normalized spacial score (nSPS) is 14.3. The zero-order valence-electron chi connectivity index (χ0n) is 13.5. The van der Waals surface area contributed by atoms with E-state index in [1.54, 1.807) is 0 Å². The highest BCUT2D eigenvalue weighted by Crippen LogP contribution is 2.43. The Balaban J connectivity index is 1.73. The molecule has 118 valence electrons. The topological polar surface area (TPSA) is 12.4 Å². The van der Waals surface area contributed by atoms with Gasteiger partial charge in [0.2, 0.25) is 0 Å². The lowest BCUT2D eigenvalue weighted by molar-refractivity contribution is 1.51. The van der Waals surface area contributed by atoms with Gasteiger partial charge in [-0.15, -0.1) is 11.3 Å². The van der Waals surface area contributed by atoms with Gasteiger partial charge in [-0.05, 0) is 29.8 Å². The second-order valence-corrected chi connectivity index (χ2v) is 7.11. The third kappa shape index (κ3) is 2.43. The summed E-state index contributed by atoms with van der Waals surface area (Å²) in [6.07, 6.45) is 4.36. The van der Waals surface area contributed by atoms with E-state index in [4.69, 9.17) is 4.99 Å². The molecule has 5 rings (SSSR count). The summed E-state index contributed by atoms with van der Waals surface area (Å²) >= 11 is 1.86. The Kier molecular flexibility index (Phi) is 3.36. The fourth-order valence-corrected chi connectivity index (χ4v) is 4.56. The lowest BCUT2D eigenvalue weighted by Gasteiger charge is -2.11. The second kappa shape index (κ2) is 5.83. The predicted octanol–water partition coefficient (Wildman–Crippen LogP) is 6.72. The molecule has 0 aliphatic heterocycles. The van der Waals surface area contributed by atoms with Crippen molar-refractivity contribution in [1.82, 2.24) is 0 Å². The van der Waals surface area contributed by atoms with Crippen LogP contribution in [0.2, 0.25) is 0 Å². The number of hydrogen-bond donors (Lipinski definition) is 0. The van der Waals surface area contributed by atoms with Gasteiger partial charge < -0.3 is 0 Å². The molecule has 0 fully saturated rings. The van der Waals surface area contributed by atoms with Gasteiger partial charge in [-0.1, -0.05) is 66.7 Å². The zero-order valence-corrected chi connectivity index (χ0v) is 14.3. The van der Waals surface area contributed by atoms with Crippen LogP contribution in [0.1, 0.15) is 11.1 Å². The van der Waals surface area contributed by atoms with Crippen molar-refractivity contribution in [2.45, 2.75) is 0 Å². The van der Waals surface area contributed by atoms with Crippen molar-refractivity contribution in [1.29, 1.82) is 0 Å². The lowest BCUT2D eigenvalue weighted by Crippen LogP contribution is -2.01. The summed E-state index contributed by atoms with van der Waals surface area (Å²) in [6.45, 7) is 0. The molecule has 0 spiro atoms. The molecule has 1 nitrogen and oxygen atoms in total. The first-order valence-electron chi connectivity index (χ1n) is 8.33. The largest absolute Gasteiger partial charge is 0.248 e. The summed E-state index contributed by atoms with van der Waals surface area (Å²) in [5.41, 5.74) is 5.83. The fraction of sp³-hybridized carbons (Fsp3) is 0. The predicted molar refractivity (Wildman–Crippen MR) is 109 cm³/mol. The van der Waals surface area contributed by atoms with Gasteiger partial charge in [-0.2, -0.15) is 0 Å². The van der Waals surface area contributed by atoms with Gasteiger partial charge in [0.05, 0.1) is 11.4 Å². The van der Waals surface area contributed by atoms with Crippen LogP contribution < -0.4 is 0 Å². The van der Waals surface area contributed by atoms with Crippen molar-refractivity contribution in [2.24, 2.45) is 4.99 Å². The number of thiophene rings is 1. The Labute approximate surface area is 150 Å². The van der Waals surface area contributed by atoms with Crippen molar-refractivity contribution < 1.29 is 0 Å². The molecule has 1 aliphatic rings. The van der Waals surface area contributed by atoms with Gasteiger partial charge in [0.15, 0.2) is 0 Å². The summed E-state index contributed by atoms with van der Waals surface area (Å²) in [7, 11) is 0. The molecule has 0 saturated carbocycles. The summed E-state index contributed by atoms with van der Waals surface area (Å²) in [4.78, 5) is 6.19. The van der Waals surface area contributed by atoms with E-state index in [2.05, 4.69) is 60.7 Å². The highest BCUT2D eigenvalue weighted by molar-refractivity contribution is 7.22. The van der Waals surface area contributed by atoms with Gasteiger partial charge in [0, 0.05) is 26.1 Å². The van der Waals surface area contributed by atoms with Crippen molar-refractivity contribution >= 4 is 38.9 Å². The second-order valence-electron chi connectivity index (χ2n) is 6.06. The molecular formula is C23H15NS. The Morgan fingerprint density at radius 3 is 2.24 bits per heavy atom. The molecule has 3 aromatic carbocycles. The van der Waals surface area contributed by atoms with Gasteiger partial charge in [0.25, 0.3) is 0 Å². The minimum Gasteiger partial charge on any atom is -0.248 e. The minimum absolute atomic E-state index is 0.987. The fourth-order valence-electron chi connectivity index (χ4n) is 3.34. The van der Waals surface area contributed by atoms with Crippen molar-refractivity contribution in [2.75, 3.05) is 0 Å². The lowest BCUT2D eigenvalue weighted by atomic mass is 9.94. The first kappa shape index (κ1) is 14.4. The molecule has 0 bridgehead atoms. The van der Waals surface area contributed by atoms with Crippen LogP contribution in [0.5, 0.6) is 0 Å². The quantitative estimate of drug-likeness (QED) is 0.385. The van der Waals surface area contributed by atoms with Crippen LogP contribution in [-0.4, -0.2) is 5.71 Å². The molecular weight excluding hydrogens is 322 g/mol. The van der Waals surface area contributed by atoms with Gasteiger partial charge in [-0.25, -0.2) is 4.99 Å². The van der Waals surface area contributed by atoms with E-state index in [0.29, 0.717) is 0 Å². The summed E-state index contributed by atoms with van der Waals surface area (Å²) in [6, 6.07) is 27.3. The van der Waals surface area contributed by atoms with Gasteiger partial charge in [-0.3, -0.25) is 0 Å². The van der Waals surface area contributed by atoms with E-state index in [0.717, 1.165) is 11.4 Å².